The van der Waals surface area contributed by atoms with E-state index in [2.05, 4.69) is 10.3 Å². The number of aromatic nitrogens is 3. The van der Waals surface area contributed by atoms with Crippen LogP contribution in [0.3, 0.4) is 0 Å². The number of rotatable bonds is 3. The Labute approximate surface area is 101 Å². The summed E-state index contributed by atoms with van der Waals surface area (Å²) in [5.41, 5.74) is 5.94. The second kappa shape index (κ2) is 4.49. The molecular formula is C10H10FN5O2. The fourth-order valence-electron chi connectivity index (χ4n) is 1.40. The van der Waals surface area contributed by atoms with Crippen LogP contribution in [0.15, 0.2) is 24.4 Å². The van der Waals surface area contributed by atoms with Gasteiger partial charge in [0.25, 0.3) is 0 Å². The third-order valence-electron chi connectivity index (χ3n) is 2.37. The molecule has 1 aromatic carbocycles. The van der Waals surface area contributed by atoms with E-state index >= 15 is 0 Å². The zero-order valence-electron chi connectivity index (χ0n) is 9.45. The summed E-state index contributed by atoms with van der Waals surface area (Å²) in [4.78, 5) is 9.69. The average Bonchev–Trinajstić information content (AvgIpc) is 2.77. The average molecular weight is 251 g/mol. The van der Waals surface area contributed by atoms with Crippen molar-refractivity contribution >= 4 is 5.69 Å². The molecule has 1 atom stereocenters. The van der Waals surface area contributed by atoms with E-state index in [0.717, 1.165) is 12.1 Å². The van der Waals surface area contributed by atoms with Crippen LogP contribution in [0.4, 0.5) is 10.1 Å². The van der Waals surface area contributed by atoms with Crippen molar-refractivity contribution in [3.8, 4) is 5.69 Å². The van der Waals surface area contributed by atoms with Gasteiger partial charge in [-0.25, -0.2) is 4.68 Å². The van der Waals surface area contributed by atoms with Crippen molar-refractivity contribution in [3.05, 3.63) is 46.0 Å². The minimum atomic E-state index is -0.921. The normalized spacial score (nSPS) is 12.4. The number of hydrogen-bond donors (Lipinski definition) is 1. The van der Waals surface area contributed by atoms with Crippen LogP contribution in [0.25, 0.3) is 5.69 Å². The molecule has 7 nitrogen and oxygen atoms in total. The van der Waals surface area contributed by atoms with E-state index in [1.807, 2.05) is 0 Å². The third kappa shape index (κ3) is 2.18. The number of nitro benzene ring substituents is 1. The maximum atomic E-state index is 13.4. The molecule has 2 aromatic rings. The van der Waals surface area contributed by atoms with Gasteiger partial charge in [-0.05, 0) is 13.0 Å². The topological polar surface area (TPSA) is 99.9 Å². The molecule has 0 saturated carbocycles. The van der Waals surface area contributed by atoms with E-state index in [0.29, 0.717) is 11.4 Å². The van der Waals surface area contributed by atoms with Gasteiger partial charge in [0.1, 0.15) is 0 Å². The molecule has 18 heavy (non-hydrogen) atoms. The van der Waals surface area contributed by atoms with Crippen molar-refractivity contribution in [3.63, 3.8) is 0 Å². The van der Waals surface area contributed by atoms with Crippen LogP contribution in [-0.4, -0.2) is 19.9 Å². The molecule has 0 saturated heterocycles. The summed E-state index contributed by atoms with van der Waals surface area (Å²) in [7, 11) is 0. The monoisotopic (exact) mass is 251 g/mol. The Balaban J connectivity index is 2.39. The molecule has 0 aliphatic heterocycles. The van der Waals surface area contributed by atoms with Crippen LogP contribution < -0.4 is 5.73 Å². The largest absolute Gasteiger partial charge is 0.323 e. The van der Waals surface area contributed by atoms with Crippen LogP contribution >= 0.6 is 0 Å². The zero-order chi connectivity index (χ0) is 13.3. The van der Waals surface area contributed by atoms with Gasteiger partial charge in [0.2, 0.25) is 5.82 Å². The zero-order valence-corrected chi connectivity index (χ0v) is 9.45. The summed E-state index contributed by atoms with van der Waals surface area (Å²) in [6, 6.07) is 3.21. The van der Waals surface area contributed by atoms with E-state index in [1.165, 1.54) is 10.7 Å². The predicted molar refractivity (Wildman–Crippen MR) is 60.6 cm³/mol. The highest BCUT2D eigenvalue weighted by Crippen LogP contribution is 2.20. The van der Waals surface area contributed by atoms with Crippen molar-refractivity contribution in [2.24, 2.45) is 5.73 Å². The van der Waals surface area contributed by atoms with Crippen molar-refractivity contribution in [2.45, 2.75) is 13.0 Å². The number of benzene rings is 1. The van der Waals surface area contributed by atoms with Crippen LogP contribution in [0.5, 0.6) is 0 Å². The Kier molecular flexibility index (Phi) is 3.02. The predicted octanol–water partition coefficient (Wildman–Crippen LogP) is 1.33. The highest BCUT2D eigenvalue weighted by atomic mass is 19.1. The smallest absolute Gasteiger partial charge is 0.304 e. The maximum Gasteiger partial charge on any atom is 0.304 e. The first-order valence-corrected chi connectivity index (χ1v) is 5.11. The molecule has 0 amide bonds. The Morgan fingerprint density at radius 3 is 2.78 bits per heavy atom. The Morgan fingerprint density at radius 1 is 1.56 bits per heavy atom. The van der Waals surface area contributed by atoms with Gasteiger partial charge in [-0.1, -0.05) is 5.21 Å². The highest BCUT2D eigenvalue weighted by Gasteiger charge is 2.15. The molecular weight excluding hydrogens is 241 g/mol. The number of nitro groups is 1. The van der Waals surface area contributed by atoms with Crippen molar-refractivity contribution < 1.29 is 9.31 Å². The van der Waals surface area contributed by atoms with Crippen molar-refractivity contribution in [1.82, 2.24) is 15.0 Å². The Hall–Kier alpha value is -2.35. The lowest BCUT2D eigenvalue weighted by Gasteiger charge is -2.00. The van der Waals surface area contributed by atoms with Crippen LogP contribution in [0.1, 0.15) is 18.7 Å². The molecule has 8 heteroatoms. The Morgan fingerprint density at radius 2 is 2.28 bits per heavy atom. The first-order chi connectivity index (χ1) is 8.49. The van der Waals surface area contributed by atoms with Gasteiger partial charge in [0, 0.05) is 18.2 Å². The molecule has 1 aromatic heterocycles. The minimum absolute atomic E-state index is 0.290. The molecule has 0 bridgehead atoms. The summed E-state index contributed by atoms with van der Waals surface area (Å²) in [6.07, 6.45) is 1.55. The number of hydrogen-bond acceptors (Lipinski definition) is 5. The van der Waals surface area contributed by atoms with Crippen LogP contribution in [0, 0.1) is 15.9 Å². The van der Waals surface area contributed by atoms with Gasteiger partial charge in [0.15, 0.2) is 0 Å². The molecule has 2 N–H and O–H groups in total. The molecule has 1 unspecified atom stereocenters. The van der Waals surface area contributed by atoms with Gasteiger partial charge in [-0.2, -0.15) is 4.39 Å². The number of halogens is 1. The van der Waals surface area contributed by atoms with Crippen molar-refractivity contribution in [2.75, 3.05) is 0 Å². The lowest BCUT2D eigenvalue weighted by atomic mass is 10.2. The second-order valence-electron chi connectivity index (χ2n) is 3.77. The molecule has 0 aliphatic rings. The summed E-state index contributed by atoms with van der Waals surface area (Å²) < 4.78 is 14.7. The van der Waals surface area contributed by atoms with Gasteiger partial charge in [-0.3, -0.25) is 10.1 Å². The SMILES string of the molecule is CC(N)c1cn(-c2ccc([N+](=O)[O-])c(F)c2)nn1. The molecule has 1 heterocycles. The van der Waals surface area contributed by atoms with E-state index in [-0.39, 0.29) is 6.04 Å². The van der Waals surface area contributed by atoms with Crippen LogP contribution in [0.2, 0.25) is 0 Å². The Bertz CT molecular complexity index is 596. The fourth-order valence-corrected chi connectivity index (χ4v) is 1.40. The van der Waals surface area contributed by atoms with Gasteiger partial charge >= 0.3 is 5.69 Å². The molecule has 0 spiro atoms. The quantitative estimate of drug-likeness (QED) is 0.655. The minimum Gasteiger partial charge on any atom is -0.323 e. The second-order valence-corrected chi connectivity index (χ2v) is 3.77. The van der Waals surface area contributed by atoms with E-state index in [4.69, 9.17) is 5.73 Å². The maximum absolute atomic E-state index is 13.4. The summed E-state index contributed by atoms with van der Waals surface area (Å²) in [5, 5.41) is 18.1. The summed E-state index contributed by atoms with van der Waals surface area (Å²) in [5.74, 6) is -0.921. The molecule has 0 aliphatic carbocycles. The number of nitrogens with zero attached hydrogens (tertiary/aromatic N) is 4. The van der Waals surface area contributed by atoms with Crippen LogP contribution in [-0.2, 0) is 0 Å². The highest BCUT2D eigenvalue weighted by molar-refractivity contribution is 5.41. The summed E-state index contributed by atoms with van der Waals surface area (Å²) >= 11 is 0. The molecule has 2 rings (SSSR count). The lowest BCUT2D eigenvalue weighted by molar-refractivity contribution is -0.387. The fraction of sp³-hybridized carbons (Fsp3) is 0.200. The first kappa shape index (κ1) is 12.1. The van der Waals surface area contributed by atoms with Gasteiger partial charge in [-0.15, -0.1) is 5.10 Å². The van der Waals surface area contributed by atoms with E-state index in [1.54, 1.807) is 13.1 Å². The first-order valence-electron chi connectivity index (χ1n) is 5.11. The molecule has 94 valence electrons. The van der Waals surface area contributed by atoms with Gasteiger partial charge < -0.3 is 5.73 Å². The third-order valence-corrected chi connectivity index (χ3v) is 2.37. The standard InChI is InChI=1S/C10H10FN5O2/c1-6(12)9-5-15(14-13-9)7-2-3-10(16(17)18)8(11)4-7/h2-6H,12H2,1H3. The molecule has 0 fully saturated rings. The van der Waals surface area contributed by atoms with Gasteiger partial charge in [0.05, 0.1) is 22.5 Å². The summed E-state index contributed by atoms with van der Waals surface area (Å²) in [6.45, 7) is 1.74. The molecule has 0 radical (unpaired) electrons. The van der Waals surface area contributed by atoms with Crippen molar-refractivity contribution in [1.29, 1.82) is 0 Å². The van der Waals surface area contributed by atoms with E-state index in [9.17, 15) is 14.5 Å². The lowest BCUT2D eigenvalue weighted by Crippen LogP contribution is -2.04. The number of nitrogens with two attached hydrogens (primary N) is 1. The van der Waals surface area contributed by atoms with E-state index < -0.39 is 16.4 Å².